The number of H-pyrrole nitrogens is 1. The molecule has 0 spiro atoms. The summed E-state index contributed by atoms with van der Waals surface area (Å²) in [6.45, 7) is 0. The van der Waals surface area contributed by atoms with E-state index in [1.807, 2.05) is 18.2 Å². The quantitative estimate of drug-likeness (QED) is 0.544. The van der Waals surface area contributed by atoms with Crippen molar-refractivity contribution in [1.29, 1.82) is 5.26 Å². The molecular weight excluding hydrogens is 344 g/mol. The first-order valence-corrected chi connectivity index (χ1v) is 8.00. The molecule has 0 bridgehead atoms. The summed E-state index contributed by atoms with van der Waals surface area (Å²) < 4.78 is 1.42. The maximum absolute atomic E-state index is 12.5. The number of aromatic amines is 1. The first kappa shape index (κ1) is 16.2. The molecule has 0 aliphatic rings. The smallest absolute Gasteiger partial charge is 0.311 e. The van der Waals surface area contributed by atoms with Gasteiger partial charge < -0.3 is 10.3 Å². The number of para-hydroxylation sites is 1. The molecule has 0 aliphatic heterocycles. The van der Waals surface area contributed by atoms with Crippen molar-refractivity contribution in [1.82, 2.24) is 19.5 Å². The SMILES string of the molecule is N#Cc1ccc(-c2nc(NC=O)c3[nH]c(=O)n(-c4ccccc4)c3n2)cc1. The highest BCUT2D eigenvalue weighted by Gasteiger charge is 2.17. The fraction of sp³-hybridized carbons (Fsp3) is 0. The Balaban J connectivity index is 2.00. The molecule has 2 heterocycles. The first-order valence-electron chi connectivity index (χ1n) is 8.00. The molecule has 0 saturated heterocycles. The van der Waals surface area contributed by atoms with E-state index in [-0.39, 0.29) is 5.82 Å². The fourth-order valence-corrected chi connectivity index (χ4v) is 2.78. The molecule has 0 radical (unpaired) electrons. The molecule has 0 unspecified atom stereocenters. The van der Waals surface area contributed by atoms with Crippen LogP contribution in [0.25, 0.3) is 28.2 Å². The van der Waals surface area contributed by atoms with E-state index in [1.165, 1.54) is 4.57 Å². The van der Waals surface area contributed by atoms with Gasteiger partial charge in [0.2, 0.25) is 6.41 Å². The summed E-state index contributed by atoms with van der Waals surface area (Å²) in [7, 11) is 0. The Labute approximate surface area is 152 Å². The summed E-state index contributed by atoms with van der Waals surface area (Å²) in [4.78, 5) is 35.1. The van der Waals surface area contributed by atoms with Gasteiger partial charge in [0.1, 0.15) is 5.52 Å². The molecule has 2 aromatic heterocycles. The molecule has 8 heteroatoms. The van der Waals surface area contributed by atoms with Gasteiger partial charge >= 0.3 is 5.69 Å². The number of rotatable bonds is 4. The van der Waals surface area contributed by atoms with Crippen molar-refractivity contribution < 1.29 is 4.79 Å². The van der Waals surface area contributed by atoms with E-state index in [2.05, 4.69) is 26.3 Å². The lowest BCUT2D eigenvalue weighted by Crippen LogP contribution is -2.14. The zero-order chi connectivity index (χ0) is 18.8. The largest absolute Gasteiger partial charge is 0.332 e. The molecular formula is C19H12N6O2. The van der Waals surface area contributed by atoms with Crippen molar-refractivity contribution >= 4 is 23.4 Å². The Morgan fingerprint density at radius 3 is 2.48 bits per heavy atom. The van der Waals surface area contributed by atoms with E-state index < -0.39 is 5.69 Å². The van der Waals surface area contributed by atoms with Crippen molar-refractivity contribution in [2.45, 2.75) is 0 Å². The number of benzene rings is 2. The normalized spacial score (nSPS) is 10.5. The van der Waals surface area contributed by atoms with Gasteiger partial charge in [-0.2, -0.15) is 5.26 Å². The third kappa shape index (κ3) is 2.83. The average molecular weight is 356 g/mol. The van der Waals surface area contributed by atoms with E-state index >= 15 is 0 Å². The topological polar surface area (TPSA) is 116 Å². The Morgan fingerprint density at radius 2 is 1.81 bits per heavy atom. The Kier molecular flexibility index (Phi) is 3.95. The van der Waals surface area contributed by atoms with Gasteiger partial charge in [-0.25, -0.2) is 19.3 Å². The fourth-order valence-electron chi connectivity index (χ4n) is 2.78. The molecule has 130 valence electrons. The van der Waals surface area contributed by atoms with Crippen LogP contribution in [0.15, 0.2) is 59.4 Å². The van der Waals surface area contributed by atoms with Gasteiger partial charge in [-0.05, 0) is 36.4 Å². The van der Waals surface area contributed by atoms with E-state index in [0.29, 0.717) is 40.2 Å². The van der Waals surface area contributed by atoms with Gasteiger partial charge in [0.25, 0.3) is 0 Å². The number of hydrogen-bond acceptors (Lipinski definition) is 5. The van der Waals surface area contributed by atoms with Gasteiger partial charge in [-0.3, -0.25) is 4.79 Å². The molecule has 1 amide bonds. The van der Waals surface area contributed by atoms with Crippen LogP contribution in [-0.4, -0.2) is 25.9 Å². The number of hydrogen-bond donors (Lipinski definition) is 2. The third-order valence-electron chi connectivity index (χ3n) is 4.02. The summed E-state index contributed by atoms with van der Waals surface area (Å²) in [5.41, 5.74) is 2.07. The number of nitrogens with zero attached hydrogens (tertiary/aromatic N) is 4. The number of aromatic nitrogens is 4. The van der Waals surface area contributed by atoms with Crippen LogP contribution in [0, 0.1) is 11.3 Å². The van der Waals surface area contributed by atoms with Gasteiger partial charge in [0.05, 0.1) is 17.3 Å². The van der Waals surface area contributed by atoms with Crippen molar-refractivity contribution in [3.63, 3.8) is 0 Å². The molecule has 27 heavy (non-hydrogen) atoms. The van der Waals surface area contributed by atoms with Gasteiger partial charge in [-0.1, -0.05) is 18.2 Å². The van der Waals surface area contributed by atoms with Crippen molar-refractivity contribution in [2.75, 3.05) is 5.32 Å². The number of nitrogens with one attached hydrogen (secondary N) is 2. The van der Waals surface area contributed by atoms with Crippen LogP contribution >= 0.6 is 0 Å². The predicted octanol–water partition coefficient (Wildman–Crippen LogP) is 2.22. The first-order chi connectivity index (χ1) is 13.2. The standard InChI is InChI=1S/C19H12N6O2/c20-10-12-6-8-13(9-7-12)16-23-17(21-11-26)15-18(24-16)25(19(27)22-15)14-4-2-1-3-5-14/h1-9,11H,(H,22,27)(H,21,23,24,26). The molecule has 4 rings (SSSR count). The minimum atomic E-state index is -0.392. The van der Waals surface area contributed by atoms with Crippen molar-refractivity contribution in [3.8, 4) is 23.1 Å². The molecule has 8 nitrogen and oxygen atoms in total. The second-order valence-electron chi connectivity index (χ2n) is 5.65. The number of anilines is 1. The van der Waals surface area contributed by atoms with Crippen LogP contribution in [0.1, 0.15) is 5.56 Å². The number of fused-ring (bicyclic) bond motifs is 1. The molecule has 0 saturated carbocycles. The Hall–Kier alpha value is -4.25. The molecule has 2 aromatic carbocycles. The van der Waals surface area contributed by atoms with E-state index in [0.717, 1.165) is 0 Å². The minimum Gasteiger partial charge on any atom is -0.311 e. The maximum Gasteiger partial charge on any atom is 0.332 e. The van der Waals surface area contributed by atoms with Crippen LogP contribution in [0.4, 0.5) is 5.82 Å². The van der Waals surface area contributed by atoms with Crippen molar-refractivity contribution in [2.24, 2.45) is 0 Å². The van der Waals surface area contributed by atoms with E-state index in [9.17, 15) is 9.59 Å². The lowest BCUT2D eigenvalue weighted by molar-refractivity contribution is -0.105. The lowest BCUT2D eigenvalue weighted by atomic mass is 10.1. The molecule has 0 atom stereocenters. The van der Waals surface area contributed by atoms with Gasteiger partial charge in [0.15, 0.2) is 17.3 Å². The predicted molar refractivity (Wildman–Crippen MR) is 99.3 cm³/mol. The second-order valence-corrected chi connectivity index (χ2v) is 5.65. The van der Waals surface area contributed by atoms with Crippen LogP contribution in [0.5, 0.6) is 0 Å². The summed E-state index contributed by atoms with van der Waals surface area (Å²) in [6, 6.07) is 17.8. The highest BCUT2D eigenvalue weighted by molar-refractivity contribution is 5.90. The number of carbonyl (C=O) groups excluding carboxylic acids is 1. The zero-order valence-corrected chi connectivity index (χ0v) is 13.9. The Bertz CT molecular complexity index is 1230. The highest BCUT2D eigenvalue weighted by Crippen LogP contribution is 2.24. The maximum atomic E-state index is 12.5. The zero-order valence-electron chi connectivity index (χ0n) is 13.9. The number of imidazole rings is 1. The van der Waals surface area contributed by atoms with E-state index in [4.69, 9.17) is 5.26 Å². The lowest BCUT2D eigenvalue weighted by Gasteiger charge is -2.07. The van der Waals surface area contributed by atoms with Crippen LogP contribution in [-0.2, 0) is 4.79 Å². The van der Waals surface area contributed by atoms with Crippen LogP contribution in [0.3, 0.4) is 0 Å². The molecule has 4 aromatic rings. The highest BCUT2D eigenvalue weighted by atomic mass is 16.1. The van der Waals surface area contributed by atoms with E-state index in [1.54, 1.807) is 36.4 Å². The third-order valence-corrected chi connectivity index (χ3v) is 4.02. The monoisotopic (exact) mass is 356 g/mol. The molecule has 2 N–H and O–H groups in total. The number of carbonyl (C=O) groups is 1. The number of nitriles is 1. The molecule has 0 aliphatic carbocycles. The summed E-state index contributed by atoms with van der Waals surface area (Å²) in [5, 5.41) is 11.5. The van der Waals surface area contributed by atoms with Crippen LogP contribution < -0.4 is 11.0 Å². The van der Waals surface area contributed by atoms with Crippen LogP contribution in [0.2, 0.25) is 0 Å². The number of amides is 1. The Morgan fingerprint density at radius 1 is 1.07 bits per heavy atom. The van der Waals surface area contributed by atoms with Gasteiger partial charge in [0, 0.05) is 5.56 Å². The van der Waals surface area contributed by atoms with Crippen molar-refractivity contribution in [3.05, 3.63) is 70.6 Å². The minimum absolute atomic E-state index is 0.196. The second kappa shape index (κ2) is 6.57. The summed E-state index contributed by atoms with van der Waals surface area (Å²) in [6.07, 6.45) is 0.489. The summed E-state index contributed by atoms with van der Waals surface area (Å²) in [5.74, 6) is 0.515. The van der Waals surface area contributed by atoms with Gasteiger partial charge in [-0.15, -0.1) is 0 Å². The summed E-state index contributed by atoms with van der Waals surface area (Å²) >= 11 is 0. The average Bonchev–Trinajstić information content (AvgIpc) is 3.05. The molecule has 0 fully saturated rings.